The van der Waals surface area contributed by atoms with E-state index in [-0.39, 0.29) is 6.54 Å². The van der Waals surface area contributed by atoms with Crippen LogP contribution >= 0.6 is 0 Å². The Morgan fingerprint density at radius 2 is 2.29 bits per heavy atom. The van der Waals surface area contributed by atoms with Crippen molar-refractivity contribution in [2.75, 3.05) is 18.8 Å². The number of anilines is 1. The van der Waals surface area contributed by atoms with Gasteiger partial charge in [0.05, 0.1) is 12.9 Å². The van der Waals surface area contributed by atoms with Gasteiger partial charge in [-0.1, -0.05) is 0 Å². The van der Waals surface area contributed by atoms with Crippen molar-refractivity contribution < 1.29 is 9.90 Å². The summed E-state index contributed by atoms with van der Waals surface area (Å²) in [6.07, 6.45) is 2.98. The number of carboxylic acid groups (broad SMARTS) is 1. The van der Waals surface area contributed by atoms with Gasteiger partial charge in [-0.05, 0) is 0 Å². The molecule has 8 nitrogen and oxygen atoms in total. The van der Waals surface area contributed by atoms with Crippen LogP contribution < -0.4 is 11.1 Å². The van der Waals surface area contributed by atoms with Crippen LogP contribution in [0, 0.1) is 0 Å². The summed E-state index contributed by atoms with van der Waals surface area (Å²) in [6, 6.07) is 0. The molecule has 0 saturated heterocycles. The highest BCUT2D eigenvalue weighted by Gasteiger charge is 2.07. The topological polar surface area (TPSA) is 119 Å². The molecule has 17 heavy (non-hydrogen) atoms. The van der Waals surface area contributed by atoms with Gasteiger partial charge in [0.25, 0.3) is 0 Å². The van der Waals surface area contributed by atoms with Crippen molar-refractivity contribution in [3.63, 3.8) is 0 Å². The van der Waals surface area contributed by atoms with Crippen LogP contribution in [0.5, 0.6) is 0 Å². The highest BCUT2D eigenvalue weighted by atomic mass is 16.4. The third-order valence-corrected chi connectivity index (χ3v) is 2.24. The molecule has 0 bridgehead atoms. The minimum absolute atomic E-state index is 0.0657. The molecule has 2 heterocycles. The van der Waals surface area contributed by atoms with Crippen LogP contribution in [-0.2, 0) is 11.3 Å². The van der Waals surface area contributed by atoms with E-state index in [0.717, 1.165) is 0 Å². The molecule has 0 radical (unpaired) electrons. The van der Waals surface area contributed by atoms with Gasteiger partial charge in [0.15, 0.2) is 11.5 Å². The lowest BCUT2D eigenvalue weighted by Gasteiger charge is -2.03. The Balaban J connectivity index is 2.04. The third-order valence-electron chi connectivity index (χ3n) is 2.24. The van der Waals surface area contributed by atoms with Crippen molar-refractivity contribution in [1.82, 2.24) is 24.8 Å². The maximum Gasteiger partial charge on any atom is 0.317 e. The summed E-state index contributed by atoms with van der Waals surface area (Å²) in [4.78, 5) is 22.3. The molecule has 0 aromatic carbocycles. The molecule has 2 rings (SSSR count). The van der Waals surface area contributed by atoms with Crippen LogP contribution in [0.25, 0.3) is 11.2 Å². The molecule has 4 N–H and O–H groups in total. The van der Waals surface area contributed by atoms with E-state index in [1.54, 1.807) is 10.9 Å². The Morgan fingerprint density at radius 3 is 3.06 bits per heavy atom. The number of nitrogen functional groups attached to an aromatic ring is 1. The number of nitrogens with one attached hydrogen (secondary N) is 1. The molecule has 90 valence electrons. The maximum atomic E-state index is 10.3. The van der Waals surface area contributed by atoms with E-state index in [1.165, 1.54) is 6.33 Å². The van der Waals surface area contributed by atoms with Gasteiger partial charge in [-0.25, -0.2) is 15.0 Å². The van der Waals surface area contributed by atoms with E-state index in [1.807, 2.05) is 0 Å². The van der Waals surface area contributed by atoms with Crippen LogP contribution in [0.2, 0.25) is 0 Å². The van der Waals surface area contributed by atoms with Crippen molar-refractivity contribution in [3.05, 3.63) is 12.7 Å². The predicted octanol–water partition coefficient (Wildman–Crippen LogP) is -0.917. The number of imidazole rings is 1. The van der Waals surface area contributed by atoms with Crippen LogP contribution in [-0.4, -0.2) is 43.7 Å². The summed E-state index contributed by atoms with van der Waals surface area (Å²) in [6.45, 7) is 1.02. The fourth-order valence-corrected chi connectivity index (χ4v) is 1.46. The van der Waals surface area contributed by atoms with Gasteiger partial charge in [0, 0.05) is 13.1 Å². The highest BCUT2D eigenvalue weighted by molar-refractivity contribution is 5.81. The van der Waals surface area contributed by atoms with E-state index < -0.39 is 5.97 Å². The first kappa shape index (κ1) is 11.3. The molecule has 0 saturated carbocycles. The molecule has 0 atom stereocenters. The highest BCUT2D eigenvalue weighted by Crippen LogP contribution is 2.13. The smallest absolute Gasteiger partial charge is 0.317 e. The number of carbonyl (C=O) groups is 1. The number of rotatable bonds is 5. The minimum Gasteiger partial charge on any atom is -0.480 e. The van der Waals surface area contributed by atoms with Crippen molar-refractivity contribution in [2.45, 2.75) is 6.54 Å². The maximum absolute atomic E-state index is 10.3. The van der Waals surface area contributed by atoms with E-state index >= 15 is 0 Å². The Morgan fingerprint density at radius 1 is 1.47 bits per heavy atom. The van der Waals surface area contributed by atoms with Crippen LogP contribution in [0.3, 0.4) is 0 Å². The van der Waals surface area contributed by atoms with Crippen LogP contribution in [0.1, 0.15) is 0 Å². The van der Waals surface area contributed by atoms with E-state index in [0.29, 0.717) is 30.1 Å². The summed E-state index contributed by atoms with van der Waals surface area (Å²) in [5.41, 5.74) is 6.85. The zero-order chi connectivity index (χ0) is 12.3. The summed E-state index contributed by atoms with van der Waals surface area (Å²) < 4.78 is 1.79. The molecular weight excluding hydrogens is 224 g/mol. The predicted molar refractivity (Wildman–Crippen MR) is 60.2 cm³/mol. The summed E-state index contributed by atoms with van der Waals surface area (Å²) in [7, 11) is 0. The van der Waals surface area contributed by atoms with E-state index in [2.05, 4.69) is 20.3 Å². The molecule has 2 aromatic heterocycles. The lowest BCUT2D eigenvalue weighted by atomic mass is 10.5. The van der Waals surface area contributed by atoms with Gasteiger partial charge in [-0.3, -0.25) is 4.79 Å². The van der Waals surface area contributed by atoms with Crippen molar-refractivity contribution in [1.29, 1.82) is 0 Å². The average Bonchev–Trinajstić information content (AvgIpc) is 2.69. The first-order chi connectivity index (χ1) is 8.18. The Bertz CT molecular complexity index is 537. The summed E-state index contributed by atoms with van der Waals surface area (Å²) in [5, 5.41) is 11.2. The molecule has 0 aliphatic rings. The van der Waals surface area contributed by atoms with E-state index in [4.69, 9.17) is 10.8 Å². The first-order valence-corrected chi connectivity index (χ1v) is 5.02. The average molecular weight is 236 g/mol. The molecular formula is C9H12N6O2. The molecule has 2 aromatic rings. The fourth-order valence-electron chi connectivity index (χ4n) is 1.46. The third kappa shape index (κ3) is 2.48. The van der Waals surface area contributed by atoms with Crippen LogP contribution in [0.4, 0.5) is 5.82 Å². The van der Waals surface area contributed by atoms with Gasteiger partial charge in [-0.2, -0.15) is 0 Å². The number of carboxylic acids is 1. The monoisotopic (exact) mass is 236 g/mol. The largest absolute Gasteiger partial charge is 0.480 e. The standard InChI is InChI=1S/C9H12N6O2/c10-8-7-9(13-4-12-8)15(5-14-7)2-1-11-3-6(16)17/h4-5,11H,1-3H2,(H,16,17)(H2,10,12,13). The lowest BCUT2D eigenvalue weighted by Crippen LogP contribution is -2.26. The number of nitrogens with zero attached hydrogens (tertiary/aromatic N) is 4. The minimum atomic E-state index is -0.882. The molecule has 0 aliphatic heterocycles. The molecule has 0 amide bonds. The van der Waals surface area contributed by atoms with Gasteiger partial charge in [0.1, 0.15) is 11.8 Å². The van der Waals surface area contributed by atoms with Gasteiger partial charge >= 0.3 is 5.97 Å². The SMILES string of the molecule is Nc1ncnc2c1ncn2CCNCC(=O)O. The van der Waals surface area contributed by atoms with Crippen molar-refractivity contribution in [3.8, 4) is 0 Å². The number of aromatic nitrogens is 4. The van der Waals surface area contributed by atoms with Gasteiger partial charge < -0.3 is 20.7 Å². The number of nitrogens with two attached hydrogens (primary N) is 1. The Kier molecular flexibility index (Phi) is 3.15. The zero-order valence-electron chi connectivity index (χ0n) is 9.00. The quantitative estimate of drug-likeness (QED) is 0.574. The van der Waals surface area contributed by atoms with Crippen molar-refractivity contribution in [2.24, 2.45) is 0 Å². The van der Waals surface area contributed by atoms with Gasteiger partial charge in [0.2, 0.25) is 0 Å². The van der Waals surface area contributed by atoms with Gasteiger partial charge in [-0.15, -0.1) is 0 Å². The number of hydrogen-bond acceptors (Lipinski definition) is 6. The Hall–Kier alpha value is -2.22. The molecule has 0 fully saturated rings. The second-order valence-electron chi connectivity index (χ2n) is 3.44. The van der Waals surface area contributed by atoms with E-state index in [9.17, 15) is 4.79 Å². The summed E-state index contributed by atoms with van der Waals surface area (Å²) in [5.74, 6) is -0.542. The zero-order valence-corrected chi connectivity index (χ0v) is 9.00. The second kappa shape index (κ2) is 4.74. The molecule has 8 heteroatoms. The molecule has 0 unspecified atom stereocenters. The molecule has 0 spiro atoms. The normalized spacial score (nSPS) is 10.8. The Labute approximate surface area is 96.5 Å². The molecule has 0 aliphatic carbocycles. The van der Waals surface area contributed by atoms with Crippen molar-refractivity contribution >= 4 is 23.0 Å². The number of aliphatic carboxylic acids is 1. The number of fused-ring (bicyclic) bond motifs is 1. The lowest BCUT2D eigenvalue weighted by molar-refractivity contribution is -0.135. The first-order valence-electron chi connectivity index (χ1n) is 5.02. The second-order valence-corrected chi connectivity index (χ2v) is 3.44. The fraction of sp³-hybridized carbons (Fsp3) is 0.333. The number of hydrogen-bond donors (Lipinski definition) is 3. The summed E-state index contributed by atoms with van der Waals surface area (Å²) >= 11 is 0. The van der Waals surface area contributed by atoms with Crippen LogP contribution in [0.15, 0.2) is 12.7 Å².